The van der Waals surface area contributed by atoms with E-state index in [0.717, 1.165) is 16.7 Å². The number of hydrogen-bond donors (Lipinski definition) is 0. The van der Waals surface area contributed by atoms with Crippen LogP contribution in [-0.4, -0.2) is 56.2 Å². The highest BCUT2D eigenvalue weighted by Gasteiger charge is 2.33. The second kappa shape index (κ2) is 16.8. The molecule has 0 saturated heterocycles. The first-order valence-corrected chi connectivity index (χ1v) is 13.7. The predicted octanol–water partition coefficient (Wildman–Crippen LogP) is 5.69. The molecule has 0 aliphatic rings. The molecule has 0 N–H and O–H groups in total. The van der Waals surface area contributed by atoms with E-state index in [9.17, 15) is 28.8 Å². The zero-order valence-corrected chi connectivity index (χ0v) is 25.7. The van der Waals surface area contributed by atoms with Gasteiger partial charge in [0, 0.05) is 0 Å². The molecular weight excluding hydrogens is 624 g/mol. The first-order chi connectivity index (χ1) is 22.3. The minimum Gasteiger partial charge on any atom is -0.431 e. The summed E-state index contributed by atoms with van der Waals surface area (Å²) in [7, 11) is 0. The molecule has 0 fully saturated rings. The molecule has 248 valence electrons. The summed E-state index contributed by atoms with van der Waals surface area (Å²) in [6, 6.07) is 18.8. The maximum Gasteiger partial charge on any atom is 0.549 e. The van der Waals surface area contributed by atoms with Crippen molar-refractivity contribution in [1.29, 1.82) is 0 Å². The van der Waals surface area contributed by atoms with Crippen molar-refractivity contribution in [3.63, 3.8) is 0 Å². The molecule has 0 heterocycles. The van der Waals surface area contributed by atoms with Crippen molar-refractivity contribution in [2.45, 2.75) is 27.7 Å². The van der Waals surface area contributed by atoms with Gasteiger partial charge >= 0.3 is 36.4 Å². The van der Waals surface area contributed by atoms with Crippen LogP contribution in [0.1, 0.15) is 54.7 Å². The first kappa shape index (κ1) is 35.4. The second-order valence-electron chi connectivity index (χ2n) is 10.4. The van der Waals surface area contributed by atoms with Crippen LogP contribution in [0.15, 0.2) is 72.8 Å². The number of aryl methyl sites for hydroxylation is 3. The van der Waals surface area contributed by atoms with Crippen LogP contribution in [0.2, 0.25) is 0 Å². The van der Waals surface area contributed by atoms with Crippen molar-refractivity contribution < 1.29 is 72.3 Å². The van der Waals surface area contributed by atoms with Gasteiger partial charge in [0.25, 0.3) is 0 Å². The Balaban J connectivity index is 1.55. The van der Waals surface area contributed by atoms with E-state index < -0.39 is 61.6 Å². The molecule has 0 atom stereocenters. The Kier molecular flexibility index (Phi) is 12.6. The molecule has 0 bridgehead atoms. The number of carbonyl (C=O) groups is 6. The van der Waals surface area contributed by atoms with Crippen LogP contribution >= 0.6 is 0 Å². The van der Waals surface area contributed by atoms with Gasteiger partial charge in [-0.2, -0.15) is 14.4 Å². The summed E-state index contributed by atoms with van der Waals surface area (Å²) in [5.74, 6) is -2.94. The number of benzene rings is 3. The van der Waals surface area contributed by atoms with E-state index in [-0.39, 0.29) is 16.7 Å². The van der Waals surface area contributed by atoms with Gasteiger partial charge in [-0.3, -0.25) is 0 Å². The number of carbonyl (C=O) groups excluding carboxylic acids is 6. The normalized spacial score (nSPS) is 10.5. The number of ether oxygens (including phenoxy) is 3. The van der Waals surface area contributed by atoms with Crippen molar-refractivity contribution in [3.05, 3.63) is 106 Å². The predicted molar refractivity (Wildman–Crippen MR) is 155 cm³/mol. The van der Waals surface area contributed by atoms with Crippen LogP contribution in [0.25, 0.3) is 0 Å². The second-order valence-corrected chi connectivity index (χ2v) is 10.4. The van der Waals surface area contributed by atoms with Crippen LogP contribution in [0.5, 0.6) is 0 Å². The summed E-state index contributed by atoms with van der Waals surface area (Å²) in [6.07, 6.45) is -4.41. The van der Waals surface area contributed by atoms with E-state index in [0.29, 0.717) is 0 Å². The fraction of sp³-hybridized carbons (Fsp3) is 0.250. The third-order valence-corrected chi connectivity index (χ3v) is 5.93. The maximum absolute atomic E-state index is 12.1. The fourth-order valence-corrected chi connectivity index (χ4v) is 3.57. The van der Waals surface area contributed by atoms with E-state index in [1.54, 1.807) is 57.2 Å². The van der Waals surface area contributed by atoms with Crippen LogP contribution in [-0.2, 0) is 43.5 Å². The molecule has 3 aromatic carbocycles. The van der Waals surface area contributed by atoms with Crippen molar-refractivity contribution in [3.8, 4) is 0 Å². The summed E-state index contributed by atoms with van der Waals surface area (Å²) < 4.78 is 14.8. The van der Waals surface area contributed by atoms with E-state index in [1.807, 2.05) is 0 Å². The minimum absolute atomic E-state index is 0.104. The van der Waals surface area contributed by atoms with Gasteiger partial charge in [-0.15, -0.1) is 0 Å². The van der Waals surface area contributed by atoms with Gasteiger partial charge < -0.3 is 14.2 Å². The first-order valence-electron chi connectivity index (χ1n) is 13.7. The molecule has 0 amide bonds. The lowest BCUT2D eigenvalue weighted by molar-refractivity contribution is -0.216. The van der Waals surface area contributed by atoms with Gasteiger partial charge in [0.05, 0.1) is 22.1 Å². The topological polar surface area (TPSA) is 185 Å². The highest BCUT2D eigenvalue weighted by atomic mass is 17.2. The lowest BCUT2D eigenvalue weighted by atomic mass is 9.94. The van der Waals surface area contributed by atoms with Crippen LogP contribution in [0.4, 0.5) is 14.4 Å². The molecule has 0 saturated carbocycles. The Labute approximate surface area is 267 Å². The molecule has 15 heteroatoms. The highest BCUT2D eigenvalue weighted by Crippen LogP contribution is 2.20. The minimum atomic E-state index is -1.54. The van der Waals surface area contributed by atoms with Crippen LogP contribution in [0.3, 0.4) is 0 Å². The van der Waals surface area contributed by atoms with E-state index in [1.165, 1.54) is 43.3 Å². The highest BCUT2D eigenvalue weighted by molar-refractivity contribution is 5.90. The number of rotatable bonds is 9. The maximum atomic E-state index is 12.1. The molecule has 0 aliphatic carbocycles. The van der Waals surface area contributed by atoms with Crippen LogP contribution < -0.4 is 0 Å². The largest absolute Gasteiger partial charge is 0.549 e. The zero-order chi connectivity index (χ0) is 34.4. The third kappa shape index (κ3) is 12.1. The SMILES string of the molecule is Cc1cccc(C(=O)OOC(=O)OCC(C)(COC(=O)OOC(=O)c2cccc(C)c2)COC(=O)OOC(=O)c2cccc(C)c2)c1. The molecule has 0 unspecified atom stereocenters. The summed E-state index contributed by atoms with van der Waals surface area (Å²) in [6.45, 7) is 4.55. The fourth-order valence-electron chi connectivity index (χ4n) is 3.57. The van der Waals surface area contributed by atoms with E-state index in [4.69, 9.17) is 14.2 Å². The van der Waals surface area contributed by atoms with E-state index >= 15 is 0 Å². The summed E-state index contributed by atoms with van der Waals surface area (Å²) in [5, 5.41) is 0. The monoisotopic (exact) mass is 654 g/mol. The van der Waals surface area contributed by atoms with Gasteiger partial charge in [0.1, 0.15) is 19.8 Å². The van der Waals surface area contributed by atoms with Crippen molar-refractivity contribution in [2.24, 2.45) is 5.41 Å². The zero-order valence-electron chi connectivity index (χ0n) is 25.7. The summed E-state index contributed by atoms with van der Waals surface area (Å²) in [4.78, 5) is 99.4. The Morgan fingerprint density at radius 2 is 0.745 bits per heavy atom. The lowest BCUT2D eigenvalue weighted by Gasteiger charge is -2.26. The molecule has 0 radical (unpaired) electrons. The molecule has 15 nitrogen and oxygen atoms in total. The van der Waals surface area contributed by atoms with Gasteiger partial charge in [0.2, 0.25) is 0 Å². The molecule has 47 heavy (non-hydrogen) atoms. The third-order valence-electron chi connectivity index (χ3n) is 5.93. The standard InChI is InChI=1S/C32H30O15/c1-20-8-5-11-23(14-20)26(33)42-45-29(36)39-17-32(4,18-40-30(37)46-43-27(34)24-12-6-9-21(2)15-24)19-41-31(38)47-44-28(35)25-13-7-10-22(3)16-25/h5-16H,17-19H2,1-4H3. The molecule has 3 rings (SSSR count). The van der Waals surface area contributed by atoms with Gasteiger partial charge in [0.15, 0.2) is 0 Å². The molecule has 0 aliphatic heterocycles. The van der Waals surface area contributed by atoms with Crippen molar-refractivity contribution in [1.82, 2.24) is 0 Å². The molecule has 3 aromatic rings. The quantitative estimate of drug-likeness (QED) is 0.118. The Hall–Kier alpha value is -6.12. The molecule has 0 aromatic heterocycles. The van der Waals surface area contributed by atoms with Crippen molar-refractivity contribution in [2.75, 3.05) is 19.8 Å². The smallest absolute Gasteiger partial charge is 0.431 e. The average molecular weight is 655 g/mol. The molecule has 0 spiro atoms. The van der Waals surface area contributed by atoms with Crippen molar-refractivity contribution >= 4 is 36.4 Å². The lowest BCUT2D eigenvalue weighted by Crippen LogP contribution is -2.37. The molecular formula is C32H30O15. The van der Waals surface area contributed by atoms with Crippen LogP contribution in [0, 0.1) is 26.2 Å². The van der Waals surface area contributed by atoms with Gasteiger partial charge in [-0.25, -0.2) is 43.7 Å². The van der Waals surface area contributed by atoms with E-state index in [2.05, 4.69) is 29.3 Å². The number of hydrogen-bond acceptors (Lipinski definition) is 15. The van der Waals surface area contributed by atoms with Gasteiger partial charge in [-0.05, 0) is 64.1 Å². The Morgan fingerprint density at radius 3 is 1.00 bits per heavy atom. The Morgan fingerprint density at radius 1 is 0.468 bits per heavy atom. The summed E-state index contributed by atoms with van der Waals surface area (Å²) in [5.41, 5.74) is 1.03. The Bertz CT molecular complexity index is 1430. The summed E-state index contributed by atoms with van der Waals surface area (Å²) >= 11 is 0. The van der Waals surface area contributed by atoms with Gasteiger partial charge in [-0.1, -0.05) is 53.1 Å². The average Bonchev–Trinajstić information content (AvgIpc) is 3.05.